The highest BCUT2D eigenvalue weighted by Gasteiger charge is 2.43. The predicted octanol–water partition coefficient (Wildman–Crippen LogP) is 7.32. The Balaban J connectivity index is 1.57. The molecule has 35 heavy (non-hydrogen) atoms. The standard InChI is InChI=1S/C31H28O4/c1-2-7-19-12-13-22(18-19)27-30(32)34-25-16-14-20-8-3-5-10-23(20)28(25)29-24-11-6-4-9-21(24)15-17-26(29)35-31(27)33/h3-6,8-11,14-17,19,22,27H,2,7,12-13,18H2,1H3. The second-order valence-corrected chi connectivity index (χ2v) is 9.87. The maximum Gasteiger partial charge on any atom is 0.326 e. The van der Waals surface area contributed by atoms with Gasteiger partial charge < -0.3 is 9.47 Å². The van der Waals surface area contributed by atoms with Gasteiger partial charge in [-0.2, -0.15) is 0 Å². The summed E-state index contributed by atoms with van der Waals surface area (Å²) in [5.74, 6) is -0.510. The lowest BCUT2D eigenvalue weighted by Crippen LogP contribution is -2.36. The average Bonchev–Trinajstić information content (AvgIpc) is 3.33. The Labute approximate surface area is 204 Å². The highest BCUT2D eigenvalue weighted by Crippen LogP contribution is 2.47. The van der Waals surface area contributed by atoms with Crippen molar-refractivity contribution in [3.05, 3.63) is 72.8 Å². The number of esters is 2. The van der Waals surface area contributed by atoms with Gasteiger partial charge in [0.2, 0.25) is 0 Å². The van der Waals surface area contributed by atoms with E-state index in [0.29, 0.717) is 17.4 Å². The second-order valence-electron chi connectivity index (χ2n) is 9.87. The smallest absolute Gasteiger partial charge is 0.326 e. The normalized spacial score (nSPS) is 20.5. The van der Waals surface area contributed by atoms with Gasteiger partial charge in [0.1, 0.15) is 11.5 Å². The molecule has 0 spiro atoms. The Hall–Kier alpha value is -3.66. The van der Waals surface area contributed by atoms with Crippen LogP contribution in [0.5, 0.6) is 11.5 Å². The van der Waals surface area contributed by atoms with E-state index >= 15 is 0 Å². The zero-order valence-electron chi connectivity index (χ0n) is 19.8. The van der Waals surface area contributed by atoms with Crippen LogP contribution in [0.1, 0.15) is 39.0 Å². The molecule has 2 unspecified atom stereocenters. The predicted molar refractivity (Wildman–Crippen MR) is 137 cm³/mol. The van der Waals surface area contributed by atoms with Crippen LogP contribution in [0.15, 0.2) is 72.8 Å². The van der Waals surface area contributed by atoms with E-state index < -0.39 is 17.9 Å². The van der Waals surface area contributed by atoms with E-state index in [9.17, 15) is 9.59 Å². The zero-order valence-corrected chi connectivity index (χ0v) is 19.8. The fourth-order valence-corrected chi connectivity index (χ4v) is 6.10. The van der Waals surface area contributed by atoms with Crippen LogP contribution < -0.4 is 9.47 Å². The Morgan fingerprint density at radius 3 is 1.80 bits per heavy atom. The lowest BCUT2D eigenvalue weighted by atomic mass is 9.89. The first-order chi connectivity index (χ1) is 17.1. The van der Waals surface area contributed by atoms with Gasteiger partial charge in [-0.15, -0.1) is 0 Å². The maximum absolute atomic E-state index is 13.6. The quantitative estimate of drug-likeness (QED) is 0.181. The van der Waals surface area contributed by atoms with Gasteiger partial charge in [-0.05, 0) is 58.4 Å². The number of benzene rings is 4. The molecule has 4 aromatic carbocycles. The summed E-state index contributed by atoms with van der Waals surface area (Å²) in [4.78, 5) is 27.1. The van der Waals surface area contributed by atoms with Gasteiger partial charge in [-0.3, -0.25) is 9.59 Å². The summed E-state index contributed by atoms with van der Waals surface area (Å²) in [6, 6.07) is 23.7. The first-order valence-corrected chi connectivity index (χ1v) is 12.6. The molecule has 6 rings (SSSR count). The molecule has 0 N–H and O–H groups in total. The third-order valence-electron chi connectivity index (χ3n) is 7.71. The second kappa shape index (κ2) is 8.84. The molecule has 1 aliphatic carbocycles. The van der Waals surface area contributed by atoms with Crippen molar-refractivity contribution in [2.75, 3.05) is 0 Å². The Kier molecular flexibility index (Phi) is 5.52. The molecule has 176 valence electrons. The molecule has 0 amide bonds. The molecule has 1 aliphatic heterocycles. The van der Waals surface area contributed by atoms with Crippen LogP contribution in [0.3, 0.4) is 0 Å². The van der Waals surface area contributed by atoms with Gasteiger partial charge in [0.15, 0.2) is 5.92 Å². The molecule has 0 aromatic heterocycles. The minimum Gasteiger partial charge on any atom is -0.425 e. The zero-order chi connectivity index (χ0) is 23.9. The molecule has 1 fully saturated rings. The molecule has 2 atom stereocenters. The number of hydrogen-bond acceptors (Lipinski definition) is 4. The summed E-state index contributed by atoms with van der Waals surface area (Å²) in [7, 11) is 0. The van der Waals surface area contributed by atoms with Gasteiger partial charge in [0.05, 0.1) is 0 Å². The van der Waals surface area contributed by atoms with Crippen molar-refractivity contribution in [3.63, 3.8) is 0 Å². The molecule has 1 saturated carbocycles. The van der Waals surface area contributed by atoms with Crippen molar-refractivity contribution in [1.82, 2.24) is 0 Å². The number of carbonyl (C=O) groups excluding carboxylic acids is 2. The number of carbonyl (C=O) groups is 2. The minimum atomic E-state index is -0.923. The van der Waals surface area contributed by atoms with E-state index in [-0.39, 0.29) is 5.92 Å². The van der Waals surface area contributed by atoms with E-state index in [1.165, 1.54) is 0 Å². The van der Waals surface area contributed by atoms with Crippen molar-refractivity contribution in [3.8, 4) is 22.6 Å². The summed E-state index contributed by atoms with van der Waals surface area (Å²) in [6.45, 7) is 2.18. The Bertz CT molecular complexity index is 1350. The van der Waals surface area contributed by atoms with Crippen LogP contribution in [-0.4, -0.2) is 11.9 Å². The van der Waals surface area contributed by atoms with E-state index in [1.807, 2.05) is 72.8 Å². The number of fused-ring (bicyclic) bond motifs is 7. The molecule has 0 bridgehead atoms. The van der Waals surface area contributed by atoms with Crippen LogP contribution in [0.4, 0.5) is 0 Å². The van der Waals surface area contributed by atoms with Crippen LogP contribution in [0, 0.1) is 17.8 Å². The topological polar surface area (TPSA) is 52.6 Å². The van der Waals surface area contributed by atoms with E-state index in [0.717, 1.165) is 64.8 Å². The van der Waals surface area contributed by atoms with Crippen molar-refractivity contribution in [2.24, 2.45) is 17.8 Å². The SMILES string of the molecule is CCCC1CCC(C2C(=O)Oc3ccc4ccccc4c3-c3c(ccc4ccccc34)OC2=O)C1. The largest absolute Gasteiger partial charge is 0.425 e. The molecule has 4 nitrogen and oxygen atoms in total. The minimum absolute atomic E-state index is 0.0579. The van der Waals surface area contributed by atoms with Crippen LogP contribution >= 0.6 is 0 Å². The van der Waals surface area contributed by atoms with Crippen LogP contribution in [0.25, 0.3) is 32.7 Å². The molecule has 4 aromatic rings. The first-order valence-electron chi connectivity index (χ1n) is 12.6. The number of ether oxygens (including phenoxy) is 2. The summed E-state index contributed by atoms with van der Waals surface area (Å²) < 4.78 is 12.2. The van der Waals surface area contributed by atoms with E-state index in [1.54, 1.807) is 0 Å². The van der Waals surface area contributed by atoms with Gasteiger partial charge in [0.25, 0.3) is 0 Å². The summed E-state index contributed by atoms with van der Waals surface area (Å²) in [5, 5.41) is 3.96. The third-order valence-corrected chi connectivity index (χ3v) is 7.71. The maximum atomic E-state index is 13.6. The number of hydrogen-bond donors (Lipinski definition) is 0. The first kappa shape index (κ1) is 21.8. The fraction of sp³-hybridized carbons (Fsp3) is 0.290. The van der Waals surface area contributed by atoms with Crippen molar-refractivity contribution in [1.29, 1.82) is 0 Å². The average molecular weight is 465 g/mol. The lowest BCUT2D eigenvalue weighted by molar-refractivity contribution is -0.153. The van der Waals surface area contributed by atoms with Gasteiger partial charge in [-0.1, -0.05) is 86.8 Å². The van der Waals surface area contributed by atoms with Gasteiger partial charge >= 0.3 is 11.9 Å². The van der Waals surface area contributed by atoms with Crippen LogP contribution in [0.2, 0.25) is 0 Å². The molecular weight excluding hydrogens is 436 g/mol. The Morgan fingerprint density at radius 2 is 1.26 bits per heavy atom. The van der Waals surface area contributed by atoms with Gasteiger partial charge in [0, 0.05) is 11.1 Å². The summed E-state index contributed by atoms with van der Waals surface area (Å²) >= 11 is 0. The van der Waals surface area contributed by atoms with E-state index in [2.05, 4.69) is 6.92 Å². The lowest BCUT2D eigenvalue weighted by Gasteiger charge is -2.20. The molecule has 0 saturated heterocycles. The highest BCUT2D eigenvalue weighted by atomic mass is 16.6. The monoisotopic (exact) mass is 464 g/mol. The Morgan fingerprint density at radius 1 is 0.714 bits per heavy atom. The highest BCUT2D eigenvalue weighted by molar-refractivity contribution is 6.11. The van der Waals surface area contributed by atoms with Crippen molar-refractivity contribution >= 4 is 33.5 Å². The summed E-state index contributed by atoms with van der Waals surface area (Å²) in [6.07, 6.45) is 4.97. The van der Waals surface area contributed by atoms with E-state index in [4.69, 9.17) is 9.47 Å². The number of rotatable bonds is 3. The molecule has 2 aliphatic rings. The van der Waals surface area contributed by atoms with Crippen LogP contribution in [-0.2, 0) is 9.59 Å². The fourth-order valence-electron chi connectivity index (χ4n) is 6.10. The molecule has 1 heterocycles. The molecule has 0 radical (unpaired) electrons. The van der Waals surface area contributed by atoms with Gasteiger partial charge in [-0.25, -0.2) is 0 Å². The molecule has 4 heteroatoms. The summed E-state index contributed by atoms with van der Waals surface area (Å²) in [5.41, 5.74) is 1.57. The van der Waals surface area contributed by atoms with Crippen molar-refractivity contribution in [2.45, 2.75) is 39.0 Å². The van der Waals surface area contributed by atoms with Crippen molar-refractivity contribution < 1.29 is 19.1 Å². The third kappa shape index (κ3) is 3.78. The molecular formula is C31H28O4.